The third-order valence-electron chi connectivity index (χ3n) is 0. The SMILES string of the molecule is [N-]=[N+]=[N-].[N-]=[N+]=[N-].[N-]=[N+]=[N-].[N-]=[N+]=[N-].[W]. The molecule has 12 nitrogen and oxygen atoms in total. The van der Waals surface area contributed by atoms with Crippen molar-refractivity contribution < 1.29 is 21.1 Å². The van der Waals surface area contributed by atoms with Crippen LogP contribution in [0.15, 0.2) is 0 Å². The number of hydrogen-bond donors (Lipinski definition) is 0. The molecule has 0 fully saturated rings. The maximum Gasteiger partial charge on any atom is 0 e. The van der Waals surface area contributed by atoms with E-state index >= 15 is 0 Å². The summed E-state index contributed by atoms with van der Waals surface area (Å²) >= 11 is 0. The van der Waals surface area contributed by atoms with Gasteiger partial charge in [-0.25, -0.2) is 0 Å². The molecular weight excluding hydrogens is 352 g/mol. The van der Waals surface area contributed by atoms with Crippen LogP contribution in [-0.2, 0) is 21.1 Å². The van der Waals surface area contributed by atoms with Gasteiger partial charge in [0, 0.05) is 21.1 Å². The van der Waals surface area contributed by atoms with Crippen LogP contribution in [0.25, 0.3) is 63.9 Å². The first-order valence-corrected chi connectivity index (χ1v) is 1.60. The number of rotatable bonds is 0. The van der Waals surface area contributed by atoms with Gasteiger partial charge in [-0.1, -0.05) is 0 Å². The average molecular weight is 352 g/mol. The molecule has 0 unspecified atom stereocenters. The van der Waals surface area contributed by atoms with Crippen molar-refractivity contribution in [1.82, 2.24) is 0 Å². The van der Waals surface area contributed by atoms with Crippen molar-refractivity contribution in [3.05, 3.63) is 63.9 Å². The van der Waals surface area contributed by atoms with Crippen LogP contribution in [0.3, 0.4) is 0 Å². The quantitative estimate of drug-likeness (QED) is 0.346. The van der Waals surface area contributed by atoms with Gasteiger partial charge in [-0.15, -0.1) is 0 Å². The number of hydrogen-bond acceptors (Lipinski definition) is 0. The fourth-order valence-electron chi connectivity index (χ4n) is 0. The summed E-state index contributed by atoms with van der Waals surface area (Å²) in [5, 5.41) is 0. The minimum atomic E-state index is 0. The Bertz CT molecular complexity index is 137. The van der Waals surface area contributed by atoms with Gasteiger partial charge in [-0.2, -0.15) is 0 Å². The molecule has 0 radical (unpaired) electrons. The van der Waals surface area contributed by atoms with Crippen LogP contribution in [0.2, 0.25) is 0 Å². The Morgan fingerprint density at radius 1 is 0.385 bits per heavy atom. The summed E-state index contributed by atoms with van der Waals surface area (Å²) in [7, 11) is 0. The second-order valence-corrected chi connectivity index (χ2v) is 0.358. The van der Waals surface area contributed by atoms with Gasteiger partial charge in [0.1, 0.15) is 0 Å². The van der Waals surface area contributed by atoms with Crippen LogP contribution in [0, 0.1) is 0 Å². The maximum atomic E-state index is 6.75. The van der Waals surface area contributed by atoms with Gasteiger partial charge < -0.3 is 44.2 Å². The Labute approximate surface area is 85.5 Å². The van der Waals surface area contributed by atoms with E-state index in [-0.39, 0.29) is 21.1 Å². The van der Waals surface area contributed by atoms with Gasteiger partial charge in [-0.3, -0.25) is 19.6 Å². The Balaban J connectivity index is -0.0000000213. The van der Waals surface area contributed by atoms with Gasteiger partial charge in [0.25, 0.3) is 0 Å². The summed E-state index contributed by atoms with van der Waals surface area (Å²) in [6.07, 6.45) is 0. The van der Waals surface area contributed by atoms with Crippen molar-refractivity contribution in [3.8, 4) is 0 Å². The van der Waals surface area contributed by atoms with E-state index in [1.807, 2.05) is 0 Å². The van der Waals surface area contributed by atoms with Crippen molar-refractivity contribution in [2.24, 2.45) is 0 Å². The van der Waals surface area contributed by atoms with E-state index in [1.165, 1.54) is 19.6 Å². The molecule has 0 aromatic heterocycles. The molecule has 0 rings (SSSR count). The first-order valence-electron chi connectivity index (χ1n) is 1.60. The van der Waals surface area contributed by atoms with Crippen LogP contribution in [0.5, 0.6) is 0 Å². The molecule has 0 saturated heterocycles. The summed E-state index contributed by atoms with van der Waals surface area (Å²) in [5.41, 5.74) is 54.0. The summed E-state index contributed by atoms with van der Waals surface area (Å²) in [4.78, 5) is 6.00. The minimum Gasteiger partial charge on any atom is -0.373 e. The van der Waals surface area contributed by atoms with Crippen molar-refractivity contribution >= 4 is 0 Å². The van der Waals surface area contributed by atoms with Gasteiger partial charge >= 0.3 is 0 Å². The van der Waals surface area contributed by atoms with E-state index in [9.17, 15) is 0 Å². The summed E-state index contributed by atoms with van der Waals surface area (Å²) in [6.45, 7) is 0. The molecule has 0 atom stereocenters. The second-order valence-electron chi connectivity index (χ2n) is 0.358. The van der Waals surface area contributed by atoms with Crippen molar-refractivity contribution in [1.29, 1.82) is 0 Å². The van der Waals surface area contributed by atoms with Gasteiger partial charge in [-0.05, 0) is 0 Å². The second kappa shape index (κ2) is 213. The summed E-state index contributed by atoms with van der Waals surface area (Å²) < 4.78 is 0. The molecule has 13 heavy (non-hydrogen) atoms. The Morgan fingerprint density at radius 3 is 0.385 bits per heavy atom. The van der Waals surface area contributed by atoms with Gasteiger partial charge in [0.2, 0.25) is 0 Å². The first-order chi connectivity index (χ1) is 5.66. The van der Waals surface area contributed by atoms with Gasteiger partial charge in [0.05, 0.1) is 0 Å². The fourth-order valence-corrected chi connectivity index (χ4v) is 0. The molecule has 0 N–H and O–H groups in total. The standard InChI is InChI=1S/4N3.W/c4*1-3-2;/q4*-1;. The molecule has 0 aromatic rings. The van der Waals surface area contributed by atoms with Gasteiger partial charge in [0.15, 0.2) is 0 Å². The zero-order chi connectivity index (χ0) is 10.8. The third-order valence-corrected chi connectivity index (χ3v) is 0. The largest absolute Gasteiger partial charge is 0.373 e. The molecule has 0 amide bonds. The molecule has 0 aliphatic rings. The Hall–Kier alpha value is -2.07. The molecule has 0 bridgehead atoms. The van der Waals surface area contributed by atoms with Crippen LogP contribution in [0.4, 0.5) is 0 Å². The maximum absolute atomic E-state index is 6.75. The predicted octanol–water partition coefficient (Wildman–Crippen LogP) is 3.46. The molecule has 0 aliphatic carbocycles. The molecule has 0 aliphatic heterocycles. The van der Waals surface area contributed by atoms with E-state index in [0.717, 1.165) is 0 Å². The normalized spacial score (nSPS) is 2.46. The zero-order valence-corrected chi connectivity index (χ0v) is 8.71. The molecule has 0 heterocycles. The smallest absolute Gasteiger partial charge is 0 e. The van der Waals surface area contributed by atoms with Crippen molar-refractivity contribution in [3.63, 3.8) is 0 Å². The fraction of sp³-hybridized carbons (Fsp3) is 0. The van der Waals surface area contributed by atoms with Crippen LogP contribution < -0.4 is 0 Å². The van der Waals surface area contributed by atoms with Crippen LogP contribution in [-0.4, -0.2) is 0 Å². The Morgan fingerprint density at radius 2 is 0.385 bits per heavy atom. The topological polar surface area (TPSA) is 235 Å². The third kappa shape index (κ3) is 145. The van der Waals surface area contributed by atoms with E-state index in [0.29, 0.717) is 0 Å². The van der Waals surface area contributed by atoms with Crippen LogP contribution >= 0.6 is 0 Å². The number of nitrogens with zero attached hydrogens (tertiary/aromatic N) is 12. The van der Waals surface area contributed by atoms with Crippen molar-refractivity contribution in [2.75, 3.05) is 0 Å². The van der Waals surface area contributed by atoms with Crippen LogP contribution in [0.1, 0.15) is 0 Å². The summed E-state index contributed by atoms with van der Waals surface area (Å²) in [5.74, 6) is 0. The monoisotopic (exact) mass is 352 g/mol. The van der Waals surface area contributed by atoms with E-state index in [2.05, 4.69) is 0 Å². The molecule has 13 heteroatoms. The average Bonchev–Trinajstić information content (AvgIpc) is 1.92. The zero-order valence-electron chi connectivity index (χ0n) is 5.77. The van der Waals surface area contributed by atoms with E-state index in [1.54, 1.807) is 0 Å². The first kappa shape index (κ1) is 30.7. The van der Waals surface area contributed by atoms with E-state index < -0.39 is 0 Å². The van der Waals surface area contributed by atoms with E-state index in [4.69, 9.17) is 44.2 Å². The minimum absolute atomic E-state index is 0. The summed E-state index contributed by atoms with van der Waals surface area (Å²) in [6, 6.07) is 0. The molecule has 0 aromatic carbocycles. The molecule has 0 saturated carbocycles. The molecule has 70 valence electrons. The predicted molar refractivity (Wildman–Crippen MR) is 40.3 cm³/mol. The molecular formula is N12W-4. The Kier molecular flexibility index (Phi) is 502. The molecule has 0 spiro atoms. The van der Waals surface area contributed by atoms with Crippen molar-refractivity contribution in [2.45, 2.75) is 0 Å².